The average Bonchev–Trinajstić information content (AvgIpc) is 2.89. The van der Waals surface area contributed by atoms with Gasteiger partial charge in [-0.3, -0.25) is 4.79 Å². The van der Waals surface area contributed by atoms with Crippen LogP contribution in [0.4, 0.5) is 39.8 Å². The fourth-order valence-electron chi connectivity index (χ4n) is 3.52. The van der Waals surface area contributed by atoms with Gasteiger partial charge in [-0.1, -0.05) is 36.4 Å². The van der Waals surface area contributed by atoms with Crippen molar-refractivity contribution in [1.29, 1.82) is 0 Å². The Labute approximate surface area is 196 Å². The maximum absolute atomic E-state index is 12.6. The summed E-state index contributed by atoms with van der Waals surface area (Å²) in [5.74, 6) is -0.136. The summed E-state index contributed by atoms with van der Waals surface area (Å²) in [7, 11) is 0. The van der Waals surface area contributed by atoms with Crippen molar-refractivity contribution in [3.8, 4) is 5.75 Å². The van der Waals surface area contributed by atoms with Gasteiger partial charge in [0.1, 0.15) is 5.69 Å². The summed E-state index contributed by atoms with van der Waals surface area (Å²) in [5.41, 5.74) is 4.90. The van der Waals surface area contributed by atoms with E-state index in [0.717, 1.165) is 22.7 Å². The zero-order valence-corrected chi connectivity index (χ0v) is 18.2. The van der Waals surface area contributed by atoms with E-state index < -0.39 is 0 Å². The van der Waals surface area contributed by atoms with Gasteiger partial charge in [0, 0.05) is 28.4 Å². The highest BCUT2D eigenvalue weighted by atomic mass is 16.3. The Hall–Kier alpha value is -4.84. The Bertz CT molecular complexity index is 1470. The molecule has 0 spiro atoms. The molecular formula is C28H22N4O2. The molecule has 0 aliphatic carbocycles. The van der Waals surface area contributed by atoms with Crippen LogP contribution in [-0.4, -0.2) is 5.11 Å². The van der Waals surface area contributed by atoms with Crippen LogP contribution in [0.25, 0.3) is 0 Å². The Morgan fingerprint density at radius 1 is 0.529 bits per heavy atom. The van der Waals surface area contributed by atoms with E-state index in [4.69, 9.17) is 0 Å². The number of hydrogen-bond acceptors (Lipinski definition) is 6. The molecular weight excluding hydrogens is 424 g/mol. The largest absolute Gasteiger partial charge is 0.504 e. The monoisotopic (exact) mass is 446 g/mol. The van der Waals surface area contributed by atoms with Crippen molar-refractivity contribution in [2.24, 2.45) is 4.99 Å². The zero-order valence-electron chi connectivity index (χ0n) is 18.2. The molecule has 0 atom stereocenters. The van der Waals surface area contributed by atoms with E-state index in [0.29, 0.717) is 11.4 Å². The SMILES string of the molecule is O=c1c(Nc2ccc(Nc3ccccc3)cc2)c(O)c1=Nc1ccc(Nc2ccccc2)cc1. The van der Waals surface area contributed by atoms with Gasteiger partial charge in [0.05, 0.1) is 5.69 Å². The van der Waals surface area contributed by atoms with Gasteiger partial charge >= 0.3 is 0 Å². The number of hydrogen-bond donors (Lipinski definition) is 4. The molecule has 166 valence electrons. The Morgan fingerprint density at radius 3 is 1.41 bits per heavy atom. The minimum Gasteiger partial charge on any atom is -0.504 e. The molecule has 0 radical (unpaired) electrons. The predicted octanol–water partition coefficient (Wildman–Crippen LogP) is 6.09. The smallest absolute Gasteiger partial charge is 0.235 e. The van der Waals surface area contributed by atoms with Crippen molar-refractivity contribution in [2.75, 3.05) is 16.0 Å². The minimum absolute atomic E-state index is 0.0497. The van der Waals surface area contributed by atoms with Crippen molar-refractivity contribution in [1.82, 2.24) is 0 Å². The molecule has 5 rings (SSSR count). The molecule has 4 N–H and O–H groups in total. The van der Waals surface area contributed by atoms with Crippen LogP contribution in [-0.2, 0) is 0 Å². The lowest BCUT2D eigenvalue weighted by molar-refractivity contribution is 0.464. The Morgan fingerprint density at radius 2 is 0.941 bits per heavy atom. The van der Waals surface area contributed by atoms with Crippen LogP contribution in [0.15, 0.2) is 119 Å². The summed E-state index contributed by atoms with van der Waals surface area (Å²) >= 11 is 0. The average molecular weight is 447 g/mol. The second-order valence-corrected chi connectivity index (χ2v) is 7.74. The molecule has 0 aliphatic rings. The molecule has 0 aromatic heterocycles. The Kier molecular flexibility index (Phi) is 5.78. The number of nitrogens with zero attached hydrogens (tertiary/aromatic N) is 1. The molecule has 0 heterocycles. The lowest BCUT2D eigenvalue weighted by Crippen LogP contribution is -2.33. The Balaban J connectivity index is 1.26. The number of benzene rings is 4. The first-order valence-electron chi connectivity index (χ1n) is 10.8. The quantitative estimate of drug-likeness (QED) is 0.243. The number of rotatable bonds is 7. The molecule has 0 aliphatic heterocycles. The number of anilines is 6. The summed E-state index contributed by atoms with van der Waals surface area (Å²) < 4.78 is 0. The highest BCUT2D eigenvalue weighted by molar-refractivity contribution is 5.71. The molecule has 0 bridgehead atoms. The second-order valence-electron chi connectivity index (χ2n) is 7.74. The first-order valence-corrected chi connectivity index (χ1v) is 10.8. The van der Waals surface area contributed by atoms with Gasteiger partial charge in [0.15, 0.2) is 11.1 Å². The molecule has 5 aromatic rings. The molecule has 6 nitrogen and oxygen atoms in total. The summed E-state index contributed by atoms with van der Waals surface area (Å²) in [6, 6.07) is 34.5. The van der Waals surface area contributed by atoms with Crippen LogP contribution in [0.1, 0.15) is 0 Å². The number of para-hydroxylation sites is 2. The van der Waals surface area contributed by atoms with Crippen molar-refractivity contribution < 1.29 is 5.11 Å². The van der Waals surface area contributed by atoms with Gasteiger partial charge in [-0.05, 0) is 72.8 Å². The summed E-state index contributed by atoms with van der Waals surface area (Å²) in [6.45, 7) is 0. The van der Waals surface area contributed by atoms with E-state index >= 15 is 0 Å². The first-order chi connectivity index (χ1) is 16.7. The van der Waals surface area contributed by atoms with Gasteiger partial charge in [-0.2, -0.15) is 0 Å². The molecule has 0 amide bonds. The van der Waals surface area contributed by atoms with Crippen molar-refractivity contribution in [3.05, 3.63) is 125 Å². The topological polar surface area (TPSA) is 85.8 Å². The summed E-state index contributed by atoms with van der Waals surface area (Å²) in [4.78, 5) is 16.9. The van der Waals surface area contributed by atoms with Crippen LogP contribution in [0.2, 0.25) is 0 Å². The first kappa shape index (κ1) is 21.0. The lowest BCUT2D eigenvalue weighted by atomic mass is 10.2. The van der Waals surface area contributed by atoms with Gasteiger partial charge in [-0.15, -0.1) is 0 Å². The number of nitrogens with one attached hydrogen (secondary N) is 3. The van der Waals surface area contributed by atoms with E-state index in [1.54, 1.807) is 12.1 Å². The molecule has 5 aromatic carbocycles. The normalized spacial score (nSPS) is 11.4. The molecule has 0 fully saturated rings. The van der Waals surface area contributed by atoms with Crippen LogP contribution in [0, 0.1) is 0 Å². The minimum atomic E-state index is -0.324. The van der Waals surface area contributed by atoms with Crippen LogP contribution in [0.5, 0.6) is 5.75 Å². The third-order valence-corrected chi connectivity index (χ3v) is 5.29. The van der Waals surface area contributed by atoms with Gasteiger partial charge in [0.25, 0.3) is 0 Å². The van der Waals surface area contributed by atoms with Gasteiger partial charge in [-0.25, -0.2) is 4.99 Å². The number of aromatic hydroxyl groups is 1. The molecule has 0 saturated carbocycles. The van der Waals surface area contributed by atoms with E-state index in [1.165, 1.54) is 0 Å². The molecule has 0 unspecified atom stereocenters. The maximum atomic E-state index is 12.6. The fourth-order valence-corrected chi connectivity index (χ4v) is 3.52. The van der Waals surface area contributed by atoms with Crippen molar-refractivity contribution in [2.45, 2.75) is 0 Å². The summed E-state index contributed by atoms with van der Waals surface area (Å²) in [6.07, 6.45) is 0. The standard InChI is InChI=1S/C28H22N4O2/c33-27-25(31-23-15-11-21(12-16-23)29-19-7-3-1-4-8-19)28(34)26(27)32-24-17-13-22(14-18-24)30-20-9-5-2-6-10-20/h1-18,29-31,33H. The highest BCUT2D eigenvalue weighted by Gasteiger charge is 2.18. The van der Waals surface area contributed by atoms with Crippen molar-refractivity contribution in [3.63, 3.8) is 0 Å². The summed E-state index contributed by atoms with van der Waals surface area (Å²) in [5, 5.41) is 20.0. The zero-order chi connectivity index (χ0) is 23.3. The molecule has 34 heavy (non-hydrogen) atoms. The maximum Gasteiger partial charge on any atom is 0.235 e. The highest BCUT2D eigenvalue weighted by Crippen LogP contribution is 2.25. The van der Waals surface area contributed by atoms with E-state index in [1.807, 2.05) is 97.1 Å². The fraction of sp³-hybridized carbons (Fsp3) is 0. The lowest BCUT2D eigenvalue weighted by Gasteiger charge is -2.12. The van der Waals surface area contributed by atoms with Crippen LogP contribution >= 0.6 is 0 Å². The molecule has 6 heteroatoms. The van der Waals surface area contributed by atoms with Crippen LogP contribution < -0.4 is 26.7 Å². The third-order valence-electron chi connectivity index (χ3n) is 5.29. The molecule has 0 saturated heterocycles. The third kappa shape index (κ3) is 4.66. The van der Waals surface area contributed by atoms with E-state index in [9.17, 15) is 9.90 Å². The van der Waals surface area contributed by atoms with Gasteiger partial charge < -0.3 is 21.1 Å². The predicted molar refractivity (Wildman–Crippen MR) is 138 cm³/mol. The second kappa shape index (κ2) is 9.34. The van der Waals surface area contributed by atoms with E-state index in [-0.39, 0.29) is 22.2 Å². The van der Waals surface area contributed by atoms with Gasteiger partial charge in [0.2, 0.25) is 5.43 Å². The van der Waals surface area contributed by atoms with E-state index in [2.05, 4.69) is 20.9 Å². The van der Waals surface area contributed by atoms with Crippen LogP contribution in [0.3, 0.4) is 0 Å². The van der Waals surface area contributed by atoms with Crippen molar-refractivity contribution >= 4 is 39.8 Å².